The number of aryl methyl sites for hydroxylation is 1. The summed E-state index contributed by atoms with van der Waals surface area (Å²) >= 11 is 0. The van der Waals surface area contributed by atoms with Crippen LogP contribution in [0, 0.1) is 12.8 Å². The molecule has 0 heterocycles. The Morgan fingerprint density at radius 3 is 2.57 bits per heavy atom. The minimum atomic E-state index is -0.0115. The van der Waals surface area contributed by atoms with Crippen molar-refractivity contribution in [1.29, 1.82) is 0 Å². The molecule has 0 bridgehead atoms. The molecule has 0 aliphatic heterocycles. The van der Waals surface area contributed by atoms with Crippen molar-refractivity contribution in [3.05, 3.63) is 59.7 Å². The molecule has 2 rings (SSSR count). The van der Waals surface area contributed by atoms with Crippen LogP contribution in [0.5, 0.6) is 5.75 Å². The van der Waals surface area contributed by atoms with E-state index in [1.165, 1.54) is 0 Å². The third kappa shape index (κ3) is 7.82. The SMILES string of the molecule is Cc1ccccc1OCCCC(=O)NCc1cccc(NC(=O)CC(C)C)c1. The average molecular weight is 383 g/mol. The highest BCUT2D eigenvalue weighted by Gasteiger charge is 2.07. The summed E-state index contributed by atoms with van der Waals surface area (Å²) in [5.74, 6) is 1.17. The van der Waals surface area contributed by atoms with Crippen molar-refractivity contribution in [3.63, 3.8) is 0 Å². The second-order valence-electron chi connectivity index (χ2n) is 7.34. The van der Waals surface area contributed by atoms with E-state index in [-0.39, 0.29) is 11.8 Å². The second kappa shape index (κ2) is 11.1. The second-order valence-corrected chi connectivity index (χ2v) is 7.34. The maximum absolute atomic E-state index is 12.0. The Balaban J connectivity index is 1.70. The van der Waals surface area contributed by atoms with Crippen molar-refractivity contribution >= 4 is 17.5 Å². The molecule has 0 atom stereocenters. The van der Waals surface area contributed by atoms with Crippen molar-refractivity contribution in [2.75, 3.05) is 11.9 Å². The summed E-state index contributed by atoms with van der Waals surface area (Å²) in [7, 11) is 0. The van der Waals surface area contributed by atoms with Gasteiger partial charge in [-0.1, -0.05) is 44.2 Å². The molecule has 0 saturated heterocycles. The number of nitrogens with one attached hydrogen (secondary N) is 2. The van der Waals surface area contributed by atoms with Gasteiger partial charge in [-0.25, -0.2) is 0 Å². The summed E-state index contributed by atoms with van der Waals surface area (Å²) in [6, 6.07) is 15.4. The van der Waals surface area contributed by atoms with Crippen molar-refractivity contribution in [2.24, 2.45) is 5.92 Å². The Morgan fingerprint density at radius 1 is 1.04 bits per heavy atom. The van der Waals surface area contributed by atoms with Gasteiger partial charge in [-0.15, -0.1) is 0 Å². The van der Waals surface area contributed by atoms with Crippen LogP contribution >= 0.6 is 0 Å². The molecule has 28 heavy (non-hydrogen) atoms. The number of anilines is 1. The number of benzene rings is 2. The van der Waals surface area contributed by atoms with Crippen LogP contribution in [-0.4, -0.2) is 18.4 Å². The highest BCUT2D eigenvalue weighted by molar-refractivity contribution is 5.90. The molecule has 5 nitrogen and oxygen atoms in total. The first-order valence-electron chi connectivity index (χ1n) is 9.78. The maximum atomic E-state index is 12.0. The molecule has 0 saturated carbocycles. The number of hydrogen-bond acceptors (Lipinski definition) is 3. The van der Waals surface area contributed by atoms with E-state index in [2.05, 4.69) is 10.6 Å². The molecule has 0 unspecified atom stereocenters. The first-order chi connectivity index (χ1) is 13.4. The van der Waals surface area contributed by atoms with E-state index < -0.39 is 0 Å². The van der Waals surface area contributed by atoms with Gasteiger partial charge in [0.15, 0.2) is 0 Å². The van der Waals surface area contributed by atoms with Gasteiger partial charge in [-0.3, -0.25) is 9.59 Å². The Hall–Kier alpha value is -2.82. The van der Waals surface area contributed by atoms with Gasteiger partial charge in [0.1, 0.15) is 5.75 Å². The number of carbonyl (C=O) groups excluding carboxylic acids is 2. The minimum absolute atomic E-state index is 0.00448. The molecular formula is C23H30N2O3. The summed E-state index contributed by atoms with van der Waals surface area (Å²) in [5, 5.41) is 5.81. The number of amides is 2. The summed E-state index contributed by atoms with van der Waals surface area (Å²) in [6.45, 7) is 6.97. The first-order valence-corrected chi connectivity index (χ1v) is 9.78. The highest BCUT2D eigenvalue weighted by Crippen LogP contribution is 2.16. The zero-order valence-corrected chi connectivity index (χ0v) is 17.0. The largest absolute Gasteiger partial charge is 0.493 e. The fourth-order valence-electron chi connectivity index (χ4n) is 2.76. The quantitative estimate of drug-likeness (QED) is 0.596. The minimum Gasteiger partial charge on any atom is -0.493 e. The molecule has 0 spiro atoms. The average Bonchev–Trinajstić information content (AvgIpc) is 2.64. The molecule has 2 aromatic rings. The molecule has 2 amide bonds. The predicted molar refractivity (Wildman–Crippen MR) is 112 cm³/mol. The van der Waals surface area contributed by atoms with Crippen LogP contribution in [0.2, 0.25) is 0 Å². The highest BCUT2D eigenvalue weighted by atomic mass is 16.5. The maximum Gasteiger partial charge on any atom is 0.224 e. The van der Waals surface area contributed by atoms with Gasteiger partial charge in [0.2, 0.25) is 11.8 Å². The van der Waals surface area contributed by atoms with Crippen LogP contribution in [0.1, 0.15) is 44.2 Å². The zero-order chi connectivity index (χ0) is 20.4. The van der Waals surface area contributed by atoms with Gasteiger partial charge in [-0.2, -0.15) is 0 Å². The number of para-hydroxylation sites is 1. The summed E-state index contributed by atoms with van der Waals surface area (Å²) < 4.78 is 5.71. The van der Waals surface area contributed by atoms with Crippen LogP contribution in [0.4, 0.5) is 5.69 Å². The fraction of sp³-hybridized carbons (Fsp3) is 0.391. The van der Waals surface area contributed by atoms with Gasteiger partial charge in [0, 0.05) is 25.1 Å². The molecule has 2 aromatic carbocycles. The Morgan fingerprint density at radius 2 is 1.82 bits per heavy atom. The Bertz CT molecular complexity index is 787. The molecule has 5 heteroatoms. The number of ether oxygens (including phenoxy) is 1. The smallest absolute Gasteiger partial charge is 0.224 e. The van der Waals surface area contributed by atoms with E-state index >= 15 is 0 Å². The monoisotopic (exact) mass is 382 g/mol. The molecule has 0 aliphatic rings. The van der Waals surface area contributed by atoms with E-state index in [0.717, 1.165) is 22.6 Å². The molecule has 0 aromatic heterocycles. The number of rotatable bonds is 10. The molecule has 150 valence electrons. The molecular weight excluding hydrogens is 352 g/mol. The lowest BCUT2D eigenvalue weighted by Crippen LogP contribution is -2.23. The van der Waals surface area contributed by atoms with Crippen molar-refractivity contribution in [1.82, 2.24) is 5.32 Å². The third-order valence-corrected chi connectivity index (χ3v) is 4.19. The van der Waals surface area contributed by atoms with Gasteiger partial charge in [0.25, 0.3) is 0 Å². The van der Waals surface area contributed by atoms with Gasteiger partial charge < -0.3 is 15.4 Å². The summed E-state index contributed by atoms with van der Waals surface area (Å²) in [5.41, 5.74) is 2.79. The molecule has 0 fully saturated rings. The van der Waals surface area contributed by atoms with Crippen LogP contribution in [0.25, 0.3) is 0 Å². The van der Waals surface area contributed by atoms with Crippen molar-refractivity contribution in [3.8, 4) is 5.75 Å². The lowest BCUT2D eigenvalue weighted by Gasteiger charge is -2.10. The Kier molecular flexibility index (Phi) is 8.53. The molecule has 0 aliphatic carbocycles. The fourth-order valence-corrected chi connectivity index (χ4v) is 2.76. The van der Waals surface area contributed by atoms with E-state index in [4.69, 9.17) is 4.74 Å². The first kappa shape index (κ1) is 21.5. The van der Waals surface area contributed by atoms with Crippen molar-refractivity contribution < 1.29 is 14.3 Å². The predicted octanol–water partition coefficient (Wildman–Crippen LogP) is 4.46. The lowest BCUT2D eigenvalue weighted by atomic mass is 10.1. The number of hydrogen-bond donors (Lipinski definition) is 2. The van der Waals surface area contributed by atoms with E-state index in [9.17, 15) is 9.59 Å². The third-order valence-electron chi connectivity index (χ3n) is 4.19. The van der Waals surface area contributed by atoms with Crippen LogP contribution in [0.3, 0.4) is 0 Å². The molecule has 0 radical (unpaired) electrons. The summed E-state index contributed by atoms with van der Waals surface area (Å²) in [4.78, 5) is 23.9. The Labute approximate surface area is 167 Å². The van der Waals surface area contributed by atoms with E-state index in [0.29, 0.717) is 38.3 Å². The van der Waals surface area contributed by atoms with Crippen LogP contribution in [-0.2, 0) is 16.1 Å². The number of carbonyl (C=O) groups is 2. The van der Waals surface area contributed by atoms with Crippen molar-refractivity contribution in [2.45, 2.75) is 46.6 Å². The van der Waals surface area contributed by atoms with Crippen LogP contribution in [0.15, 0.2) is 48.5 Å². The van der Waals surface area contributed by atoms with Gasteiger partial charge in [-0.05, 0) is 48.6 Å². The zero-order valence-electron chi connectivity index (χ0n) is 17.0. The van der Waals surface area contributed by atoms with Crippen LogP contribution < -0.4 is 15.4 Å². The molecule has 2 N–H and O–H groups in total. The normalized spacial score (nSPS) is 10.6. The standard InChI is InChI=1S/C23H30N2O3/c1-17(2)14-23(27)25-20-10-6-9-19(15-20)16-24-22(26)12-7-13-28-21-11-5-4-8-18(21)3/h4-6,8-11,15,17H,7,12-14,16H2,1-3H3,(H,24,26)(H,25,27). The van der Waals surface area contributed by atoms with Gasteiger partial charge >= 0.3 is 0 Å². The topological polar surface area (TPSA) is 67.4 Å². The summed E-state index contributed by atoms with van der Waals surface area (Å²) in [6.07, 6.45) is 1.56. The van der Waals surface area contributed by atoms with E-state index in [1.54, 1.807) is 0 Å². The lowest BCUT2D eigenvalue weighted by molar-refractivity contribution is -0.121. The van der Waals surface area contributed by atoms with Gasteiger partial charge in [0.05, 0.1) is 6.61 Å². The van der Waals surface area contributed by atoms with E-state index in [1.807, 2.05) is 69.3 Å².